The van der Waals surface area contributed by atoms with Gasteiger partial charge in [-0.3, -0.25) is 19.3 Å². The first-order valence-corrected chi connectivity index (χ1v) is 9.26. The summed E-state index contributed by atoms with van der Waals surface area (Å²) in [5.74, 6) is -0.455. The van der Waals surface area contributed by atoms with Crippen LogP contribution in [0.15, 0.2) is 30.9 Å². The second kappa shape index (κ2) is 6.59. The number of nitrogens with one attached hydrogen (secondary N) is 1. The van der Waals surface area contributed by atoms with E-state index in [9.17, 15) is 14.4 Å². The van der Waals surface area contributed by atoms with Gasteiger partial charge >= 0.3 is 0 Å². The Labute approximate surface area is 152 Å². The molecule has 0 unspecified atom stereocenters. The molecular weight excluding hydrogens is 330 g/mol. The fourth-order valence-corrected chi connectivity index (χ4v) is 3.94. The number of imide groups is 1. The zero-order valence-corrected chi connectivity index (χ0v) is 14.7. The van der Waals surface area contributed by atoms with Crippen LogP contribution in [0.25, 0.3) is 0 Å². The molecule has 1 aliphatic carbocycles. The number of piperidine rings is 1. The number of hydrogen-bond donors (Lipinski definition) is 1. The third-order valence-electron chi connectivity index (χ3n) is 5.39. The maximum atomic E-state index is 12.9. The molecule has 1 N–H and O–H groups in total. The molecule has 1 saturated heterocycles. The van der Waals surface area contributed by atoms with Crippen molar-refractivity contribution in [1.82, 2.24) is 10.2 Å². The van der Waals surface area contributed by atoms with Crippen LogP contribution in [0.1, 0.15) is 46.4 Å². The van der Waals surface area contributed by atoms with Crippen LogP contribution in [0.4, 0.5) is 5.69 Å². The number of rotatable bonds is 5. The number of anilines is 1. The Morgan fingerprint density at radius 2 is 2.04 bits per heavy atom. The number of benzene rings is 1. The number of carbonyl (C=O) groups excluding carboxylic acids is 3. The summed E-state index contributed by atoms with van der Waals surface area (Å²) in [4.78, 5) is 41.4. The lowest BCUT2D eigenvalue weighted by atomic mass is 9.95. The normalized spacial score (nSPS) is 22.4. The van der Waals surface area contributed by atoms with Crippen LogP contribution in [0.5, 0.6) is 0 Å². The van der Waals surface area contributed by atoms with Gasteiger partial charge in [-0.25, -0.2) is 0 Å². The molecule has 3 amide bonds. The molecule has 1 atom stereocenters. The van der Waals surface area contributed by atoms with E-state index in [0.717, 1.165) is 37.9 Å². The highest BCUT2D eigenvalue weighted by Gasteiger charge is 2.46. The monoisotopic (exact) mass is 353 g/mol. The second-order valence-electron chi connectivity index (χ2n) is 7.23. The predicted molar refractivity (Wildman–Crippen MR) is 98.1 cm³/mol. The highest BCUT2D eigenvalue weighted by molar-refractivity contribution is 6.24. The number of fused-ring (bicyclic) bond motifs is 1. The van der Waals surface area contributed by atoms with E-state index in [-0.39, 0.29) is 29.7 Å². The van der Waals surface area contributed by atoms with Crippen molar-refractivity contribution in [1.29, 1.82) is 0 Å². The van der Waals surface area contributed by atoms with Crippen LogP contribution in [-0.2, 0) is 4.79 Å². The zero-order valence-electron chi connectivity index (χ0n) is 14.7. The largest absolute Gasteiger partial charge is 0.370 e. The van der Waals surface area contributed by atoms with Crippen LogP contribution in [-0.4, -0.2) is 48.3 Å². The van der Waals surface area contributed by atoms with Crippen molar-refractivity contribution in [2.75, 3.05) is 24.5 Å². The number of carbonyl (C=O) groups is 3. The van der Waals surface area contributed by atoms with E-state index in [4.69, 9.17) is 0 Å². The molecule has 2 heterocycles. The zero-order chi connectivity index (χ0) is 18.3. The van der Waals surface area contributed by atoms with Gasteiger partial charge in [-0.05, 0) is 37.8 Å². The van der Waals surface area contributed by atoms with Gasteiger partial charge < -0.3 is 10.2 Å². The molecule has 26 heavy (non-hydrogen) atoms. The second-order valence-corrected chi connectivity index (χ2v) is 7.23. The van der Waals surface area contributed by atoms with E-state index >= 15 is 0 Å². The molecule has 1 aromatic rings. The lowest BCUT2D eigenvalue weighted by Crippen LogP contribution is -2.43. The Bertz CT molecular complexity index is 785. The molecule has 136 valence electrons. The predicted octanol–water partition coefficient (Wildman–Crippen LogP) is 1.96. The molecule has 2 fully saturated rings. The third kappa shape index (κ3) is 2.79. The minimum Gasteiger partial charge on any atom is -0.370 e. The first-order chi connectivity index (χ1) is 12.6. The Balaban J connectivity index is 1.59. The summed E-state index contributed by atoms with van der Waals surface area (Å²) < 4.78 is 0. The smallest absolute Gasteiger partial charge is 0.263 e. The maximum Gasteiger partial charge on any atom is 0.263 e. The standard InChI is InChI=1S/C20H23N3O3/c1-2-10-21-18(24)13-5-4-11-22(12-13)16-7-3-6-15-17(16)20(26)23(19(15)25)14-8-9-14/h2-3,6-7,13-14H,1,4-5,8-12H2,(H,21,24)/t13-/m1/s1. The fraction of sp³-hybridized carbons (Fsp3) is 0.450. The highest BCUT2D eigenvalue weighted by atomic mass is 16.2. The number of nitrogens with zero attached hydrogens (tertiary/aromatic N) is 2. The summed E-state index contributed by atoms with van der Waals surface area (Å²) >= 11 is 0. The third-order valence-corrected chi connectivity index (χ3v) is 5.39. The molecule has 0 radical (unpaired) electrons. The van der Waals surface area contributed by atoms with Gasteiger partial charge in [0, 0.05) is 25.7 Å². The van der Waals surface area contributed by atoms with Gasteiger partial charge in [-0.1, -0.05) is 12.1 Å². The van der Waals surface area contributed by atoms with E-state index in [1.165, 1.54) is 4.90 Å². The van der Waals surface area contributed by atoms with Gasteiger partial charge in [0.25, 0.3) is 11.8 Å². The summed E-state index contributed by atoms with van der Waals surface area (Å²) in [6.07, 6.45) is 5.17. The van der Waals surface area contributed by atoms with Gasteiger partial charge in [-0.15, -0.1) is 6.58 Å². The van der Waals surface area contributed by atoms with E-state index < -0.39 is 0 Å². The molecule has 4 rings (SSSR count). The SMILES string of the molecule is C=CCNC(=O)[C@@H]1CCCN(c2cccc3c2C(=O)N(C2CC2)C3=O)C1. The molecule has 3 aliphatic rings. The molecule has 6 nitrogen and oxygen atoms in total. The lowest BCUT2D eigenvalue weighted by molar-refractivity contribution is -0.125. The average molecular weight is 353 g/mol. The summed E-state index contributed by atoms with van der Waals surface area (Å²) in [5.41, 5.74) is 1.79. The van der Waals surface area contributed by atoms with Crippen LogP contribution >= 0.6 is 0 Å². The number of amides is 3. The van der Waals surface area contributed by atoms with Crippen LogP contribution in [0, 0.1) is 5.92 Å². The molecule has 2 aliphatic heterocycles. The van der Waals surface area contributed by atoms with E-state index in [1.54, 1.807) is 12.1 Å². The summed E-state index contributed by atoms with van der Waals surface area (Å²) in [7, 11) is 0. The first kappa shape index (κ1) is 16.8. The van der Waals surface area contributed by atoms with Crippen molar-refractivity contribution >= 4 is 23.4 Å². The van der Waals surface area contributed by atoms with Gasteiger partial charge in [0.1, 0.15) is 0 Å². The van der Waals surface area contributed by atoms with Gasteiger partial charge in [0.05, 0.1) is 22.7 Å². The van der Waals surface area contributed by atoms with E-state index in [1.807, 2.05) is 12.1 Å². The average Bonchev–Trinajstić information content (AvgIpc) is 3.46. The summed E-state index contributed by atoms with van der Waals surface area (Å²) in [6, 6.07) is 5.52. The van der Waals surface area contributed by atoms with Crippen LogP contribution < -0.4 is 10.2 Å². The topological polar surface area (TPSA) is 69.7 Å². The molecular formula is C20H23N3O3. The highest BCUT2D eigenvalue weighted by Crippen LogP contribution is 2.39. The first-order valence-electron chi connectivity index (χ1n) is 9.26. The maximum absolute atomic E-state index is 12.9. The summed E-state index contributed by atoms with van der Waals surface area (Å²) in [5, 5.41) is 2.86. The molecule has 1 aromatic carbocycles. The Kier molecular flexibility index (Phi) is 4.26. The Morgan fingerprint density at radius 1 is 1.23 bits per heavy atom. The summed E-state index contributed by atoms with van der Waals surface area (Å²) in [6.45, 7) is 5.42. The Hall–Kier alpha value is -2.63. The lowest BCUT2D eigenvalue weighted by Gasteiger charge is -2.34. The van der Waals surface area contributed by atoms with E-state index in [2.05, 4.69) is 16.8 Å². The van der Waals surface area contributed by atoms with Crippen LogP contribution in [0.2, 0.25) is 0 Å². The van der Waals surface area contributed by atoms with Crippen LogP contribution in [0.3, 0.4) is 0 Å². The van der Waals surface area contributed by atoms with Crippen molar-refractivity contribution in [3.63, 3.8) is 0 Å². The van der Waals surface area contributed by atoms with Crippen molar-refractivity contribution < 1.29 is 14.4 Å². The Morgan fingerprint density at radius 3 is 2.77 bits per heavy atom. The van der Waals surface area contributed by atoms with Gasteiger partial charge in [0.15, 0.2) is 0 Å². The molecule has 1 saturated carbocycles. The minimum absolute atomic E-state index is 0.0178. The molecule has 6 heteroatoms. The van der Waals surface area contributed by atoms with Crippen molar-refractivity contribution in [2.24, 2.45) is 5.92 Å². The van der Waals surface area contributed by atoms with E-state index in [0.29, 0.717) is 24.2 Å². The van der Waals surface area contributed by atoms with Crippen molar-refractivity contribution in [3.05, 3.63) is 42.0 Å². The molecule has 0 spiro atoms. The fourth-order valence-electron chi connectivity index (χ4n) is 3.94. The van der Waals surface area contributed by atoms with Gasteiger partial charge in [-0.2, -0.15) is 0 Å². The number of hydrogen-bond acceptors (Lipinski definition) is 4. The van der Waals surface area contributed by atoms with Crippen molar-refractivity contribution in [2.45, 2.75) is 31.7 Å². The minimum atomic E-state index is -0.179. The van der Waals surface area contributed by atoms with Crippen molar-refractivity contribution in [3.8, 4) is 0 Å². The van der Waals surface area contributed by atoms with Gasteiger partial charge in [0.2, 0.25) is 5.91 Å². The quantitative estimate of drug-likeness (QED) is 0.649. The molecule has 0 bridgehead atoms. The molecule has 0 aromatic heterocycles.